The molecule has 23 heavy (non-hydrogen) atoms. The van der Waals surface area contributed by atoms with Crippen molar-refractivity contribution in [2.24, 2.45) is 5.92 Å². The Hall–Kier alpha value is -1.28. The van der Waals surface area contributed by atoms with Gasteiger partial charge in [0.05, 0.1) is 18.1 Å². The van der Waals surface area contributed by atoms with Crippen molar-refractivity contribution in [3.05, 3.63) is 29.8 Å². The summed E-state index contributed by atoms with van der Waals surface area (Å²) in [5.41, 5.74) is 0.411. The number of hydrogen-bond acceptors (Lipinski definition) is 5. The molecule has 1 aromatic carbocycles. The summed E-state index contributed by atoms with van der Waals surface area (Å²) in [5.74, 6) is 0.101. The van der Waals surface area contributed by atoms with Gasteiger partial charge >= 0.3 is 0 Å². The van der Waals surface area contributed by atoms with Gasteiger partial charge in [-0.3, -0.25) is 4.79 Å². The van der Waals surface area contributed by atoms with Crippen LogP contribution in [-0.4, -0.2) is 51.1 Å². The molecule has 0 atom stereocenters. The third-order valence-electron chi connectivity index (χ3n) is 4.41. The third kappa shape index (κ3) is 3.47. The summed E-state index contributed by atoms with van der Waals surface area (Å²) in [4.78, 5) is 11.6. The Morgan fingerprint density at radius 1 is 1.17 bits per heavy atom. The lowest BCUT2D eigenvalue weighted by Gasteiger charge is -2.33. The normalized spacial score (nSPS) is 21.6. The van der Waals surface area contributed by atoms with Gasteiger partial charge in [0.25, 0.3) is 0 Å². The Morgan fingerprint density at radius 3 is 2.43 bits per heavy atom. The van der Waals surface area contributed by atoms with Crippen LogP contribution in [0.25, 0.3) is 0 Å². The van der Waals surface area contributed by atoms with Gasteiger partial charge in [-0.1, -0.05) is 12.1 Å². The minimum absolute atomic E-state index is 0.142. The molecule has 2 saturated heterocycles. The number of piperidine rings is 1. The first kappa shape index (κ1) is 16.6. The number of Topliss-reactive ketones (excluding diaryl/α,β-unsaturated/α-hetero) is 1. The maximum Gasteiger partial charge on any atom is 0.243 e. The van der Waals surface area contributed by atoms with Crippen LogP contribution in [0.5, 0.6) is 0 Å². The van der Waals surface area contributed by atoms with Crippen LogP contribution in [-0.2, 0) is 19.5 Å². The van der Waals surface area contributed by atoms with Crippen LogP contribution in [0.2, 0.25) is 0 Å². The monoisotopic (exact) mass is 339 g/mol. The molecule has 3 rings (SSSR count). The quantitative estimate of drug-likeness (QED) is 0.780. The van der Waals surface area contributed by atoms with E-state index in [0.29, 0.717) is 31.9 Å². The molecule has 0 unspecified atom stereocenters. The zero-order valence-electron chi connectivity index (χ0n) is 13.1. The molecular formula is C16H21NO5S. The number of benzene rings is 1. The van der Waals surface area contributed by atoms with Crippen LogP contribution >= 0.6 is 0 Å². The van der Waals surface area contributed by atoms with Crippen molar-refractivity contribution < 1.29 is 22.7 Å². The maximum atomic E-state index is 12.7. The second-order valence-corrected chi connectivity index (χ2v) is 7.87. The standard InChI is InChI=1S/C16H21NO5S/c1-12(18)14-3-2-4-15(11-14)23(19,20)17-7-5-13(6-8-17)16-21-9-10-22-16/h2-4,11,13,16H,5-10H2,1H3. The van der Waals surface area contributed by atoms with Crippen LogP contribution in [0.15, 0.2) is 29.2 Å². The van der Waals surface area contributed by atoms with Gasteiger partial charge in [0.1, 0.15) is 0 Å². The second kappa shape index (κ2) is 6.68. The van der Waals surface area contributed by atoms with Crippen molar-refractivity contribution >= 4 is 15.8 Å². The summed E-state index contributed by atoms with van der Waals surface area (Å²) in [5, 5.41) is 0. The van der Waals surface area contributed by atoms with Gasteiger partial charge in [-0.05, 0) is 31.9 Å². The Morgan fingerprint density at radius 2 is 1.83 bits per heavy atom. The fourth-order valence-electron chi connectivity index (χ4n) is 3.06. The first-order valence-electron chi connectivity index (χ1n) is 7.83. The molecule has 2 heterocycles. The van der Waals surface area contributed by atoms with Crippen molar-refractivity contribution in [2.45, 2.75) is 31.0 Å². The highest BCUT2D eigenvalue weighted by atomic mass is 32.2. The molecule has 0 amide bonds. The molecule has 1 aromatic rings. The molecule has 2 fully saturated rings. The van der Waals surface area contributed by atoms with Gasteiger partial charge in [-0.2, -0.15) is 4.31 Å². The van der Waals surface area contributed by atoms with Crippen molar-refractivity contribution in [2.75, 3.05) is 26.3 Å². The molecule has 0 aliphatic carbocycles. The molecule has 2 aliphatic heterocycles. The second-order valence-electron chi connectivity index (χ2n) is 5.94. The summed E-state index contributed by atoms with van der Waals surface area (Å²) in [6.45, 7) is 3.54. The van der Waals surface area contributed by atoms with Gasteiger partial charge < -0.3 is 9.47 Å². The summed E-state index contributed by atoms with van der Waals surface area (Å²) >= 11 is 0. The lowest BCUT2D eigenvalue weighted by atomic mass is 9.98. The van der Waals surface area contributed by atoms with Gasteiger partial charge in [-0.25, -0.2) is 8.42 Å². The fourth-order valence-corrected chi connectivity index (χ4v) is 4.58. The molecule has 0 aromatic heterocycles. The number of nitrogens with zero attached hydrogens (tertiary/aromatic N) is 1. The lowest BCUT2D eigenvalue weighted by Crippen LogP contribution is -2.41. The van der Waals surface area contributed by atoms with E-state index < -0.39 is 10.0 Å². The number of ketones is 1. The van der Waals surface area contributed by atoms with Crippen LogP contribution in [0.3, 0.4) is 0 Å². The predicted molar refractivity (Wildman–Crippen MR) is 83.6 cm³/mol. The lowest BCUT2D eigenvalue weighted by molar-refractivity contribution is -0.0938. The molecule has 0 saturated carbocycles. The average Bonchev–Trinajstić information content (AvgIpc) is 3.09. The van der Waals surface area contributed by atoms with E-state index in [0.717, 1.165) is 12.8 Å². The van der Waals surface area contributed by atoms with Crippen LogP contribution in [0.1, 0.15) is 30.1 Å². The van der Waals surface area contributed by atoms with Gasteiger partial charge in [0.2, 0.25) is 10.0 Å². The topological polar surface area (TPSA) is 72.9 Å². The Balaban J connectivity index is 1.71. The number of hydrogen-bond donors (Lipinski definition) is 0. The van der Waals surface area contributed by atoms with Crippen molar-refractivity contribution in [1.29, 1.82) is 0 Å². The maximum absolute atomic E-state index is 12.7. The largest absolute Gasteiger partial charge is 0.350 e. The number of rotatable bonds is 4. The fraction of sp³-hybridized carbons (Fsp3) is 0.562. The first-order valence-corrected chi connectivity index (χ1v) is 9.27. The molecule has 0 N–H and O–H groups in total. The van der Waals surface area contributed by atoms with E-state index in [4.69, 9.17) is 9.47 Å². The number of carbonyl (C=O) groups is 1. The molecule has 126 valence electrons. The van der Waals surface area contributed by atoms with E-state index in [1.54, 1.807) is 12.1 Å². The van der Waals surface area contributed by atoms with Crippen LogP contribution in [0, 0.1) is 5.92 Å². The Bertz CT molecular complexity index is 673. The van der Waals surface area contributed by atoms with E-state index in [1.807, 2.05) is 0 Å². The summed E-state index contributed by atoms with van der Waals surface area (Å²) in [6, 6.07) is 6.23. The van der Waals surface area contributed by atoms with E-state index in [-0.39, 0.29) is 22.9 Å². The zero-order chi connectivity index (χ0) is 16.4. The van der Waals surface area contributed by atoms with Gasteiger partial charge in [0, 0.05) is 24.6 Å². The number of sulfonamides is 1. The zero-order valence-corrected chi connectivity index (χ0v) is 13.9. The molecule has 0 bridgehead atoms. The summed E-state index contributed by atoms with van der Waals surface area (Å²) < 4.78 is 38.0. The van der Waals surface area contributed by atoms with Gasteiger partial charge in [0.15, 0.2) is 12.1 Å². The molecule has 2 aliphatic rings. The highest BCUT2D eigenvalue weighted by molar-refractivity contribution is 7.89. The molecule has 7 heteroatoms. The number of carbonyl (C=O) groups excluding carboxylic acids is 1. The summed E-state index contributed by atoms with van der Waals surface area (Å²) in [7, 11) is -3.57. The number of ether oxygens (including phenoxy) is 2. The Kier molecular flexibility index (Phi) is 4.82. The minimum atomic E-state index is -3.57. The molecule has 0 spiro atoms. The Labute approximate surface area is 136 Å². The van der Waals surface area contributed by atoms with Crippen molar-refractivity contribution in [1.82, 2.24) is 4.31 Å². The highest BCUT2D eigenvalue weighted by Gasteiger charge is 2.34. The van der Waals surface area contributed by atoms with E-state index in [2.05, 4.69) is 0 Å². The van der Waals surface area contributed by atoms with Crippen molar-refractivity contribution in [3.63, 3.8) is 0 Å². The van der Waals surface area contributed by atoms with Crippen LogP contribution < -0.4 is 0 Å². The SMILES string of the molecule is CC(=O)c1cccc(S(=O)(=O)N2CCC(C3OCCO3)CC2)c1. The third-order valence-corrected chi connectivity index (χ3v) is 6.30. The average molecular weight is 339 g/mol. The first-order chi connectivity index (χ1) is 11.0. The smallest absolute Gasteiger partial charge is 0.243 e. The highest BCUT2D eigenvalue weighted by Crippen LogP contribution is 2.29. The van der Waals surface area contributed by atoms with E-state index in [9.17, 15) is 13.2 Å². The predicted octanol–water partition coefficient (Wildman–Crippen LogP) is 1.66. The molecule has 6 nitrogen and oxygen atoms in total. The molecular weight excluding hydrogens is 318 g/mol. The summed E-state index contributed by atoms with van der Waals surface area (Å²) in [6.07, 6.45) is 1.24. The van der Waals surface area contributed by atoms with Gasteiger partial charge in [-0.15, -0.1) is 0 Å². The van der Waals surface area contributed by atoms with Crippen molar-refractivity contribution in [3.8, 4) is 0 Å². The minimum Gasteiger partial charge on any atom is -0.350 e. The van der Waals surface area contributed by atoms with E-state index in [1.165, 1.54) is 23.4 Å². The molecule has 0 radical (unpaired) electrons. The van der Waals surface area contributed by atoms with Crippen LogP contribution in [0.4, 0.5) is 0 Å². The van der Waals surface area contributed by atoms with E-state index >= 15 is 0 Å².